The van der Waals surface area contributed by atoms with Crippen LogP contribution in [0.4, 0.5) is 0 Å². The van der Waals surface area contributed by atoms with Crippen molar-refractivity contribution >= 4 is 11.6 Å². The molecule has 2 bridgehead atoms. The molecule has 2 saturated heterocycles. The maximum absolute atomic E-state index is 5.77. The summed E-state index contributed by atoms with van der Waals surface area (Å²) in [6, 6.07) is 5.44. The van der Waals surface area contributed by atoms with E-state index in [0.29, 0.717) is 17.1 Å². The molecule has 3 atom stereocenters. The normalized spacial score (nSPS) is 35.1. The Morgan fingerprint density at radius 2 is 2.29 bits per heavy atom. The van der Waals surface area contributed by atoms with Crippen molar-refractivity contribution in [1.82, 2.24) is 10.3 Å². The molecule has 2 fully saturated rings. The molecule has 74 valence electrons. The standard InChI is InChI=1S/C11H13ClN2/c12-11-4-1-7(6-13-11)9-5-8-2-3-10(9)14-8/h1,4,6,8-10,14H,2-3,5H2/t8?,9-,10+/m1/s1. The molecule has 0 aromatic carbocycles. The summed E-state index contributed by atoms with van der Waals surface area (Å²) in [6.07, 6.45) is 5.86. The van der Waals surface area contributed by atoms with E-state index in [-0.39, 0.29) is 0 Å². The smallest absolute Gasteiger partial charge is 0.129 e. The molecule has 0 amide bonds. The van der Waals surface area contributed by atoms with Crippen LogP contribution in [0, 0.1) is 0 Å². The summed E-state index contributed by atoms with van der Waals surface area (Å²) in [5.41, 5.74) is 1.34. The Labute approximate surface area is 88.7 Å². The zero-order valence-electron chi connectivity index (χ0n) is 7.91. The number of hydrogen-bond acceptors (Lipinski definition) is 2. The third kappa shape index (κ3) is 1.33. The van der Waals surface area contributed by atoms with Crippen molar-refractivity contribution in [1.29, 1.82) is 0 Å². The molecule has 3 heterocycles. The zero-order chi connectivity index (χ0) is 9.54. The Bertz CT molecular complexity index is 336. The fourth-order valence-electron chi connectivity index (χ4n) is 2.80. The molecular weight excluding hydrogens is 196 g/mol. The van der Waals surface area contributed by atoms with Gasteiger partial charge in [-0.25, -0.2) is 4.98 Å². The van der Waals surface area contributed by atoms with Crippen molar-refractivity contribution in [3.05, 3.63) is 29.0 Å². The van der Waals surface area contributed by atoms with Crippen LogP contribution in [0.25, 0.3) is 0 Å². The molecule has 1 aromatic rings. The lowest BCUT2D eigenvalue weighted by atomic mass is 9.85. The van der Waals surface area contributed by atoms with Crippen LogP contribution in [0.15, 0.2) is 18.3 Å². The minimum atomic E-state index is 0.588. The van der Waals surface area contributed by atoms with Gasteiger partial charge in [-0.15, -0.1) is 0 Å². The number of hydrogen-bond donors (Lipinski definition) is 1. The Hall–Kier alpha value is -0.600. The monoisotopic (exact) mass is 208 g/mol. The molecule has 1 aromatic heterocycles. The van der Waals surface area contributed by atoms with E-state index in [4.69, 9.17) is 11.6 Å². The van der Waals surface area contributed by atoms with Crippen molar-refractivity contribution in [3.63, 3.8) is 0 Å². The van der Waals surface area contributed by atoms with E-state index in [9.17, 15) is 0 Å². The van der Waals surface area contributed by atoms with Crippen LogP contribution in [-0.4, -0.2) is 17.1 Å². The third-order valence-electron chi connectivity index (χ3n) is 3.48. The van der Waals surface area contributed by atoms with E-state index < -0.39 is 0 Å². The number of pyridine rings is 1. The second kappa shape index (κ2) is 3.21. The Balaban J connectivity index is 1.86. The van der Waals surface area contributed by atoms with Gasteiger partial charge in [0, 0.05) is 24.2 Å². The molecule has 0 spiro atoms. The van der Waals surface area contributed by atoms with E-state index in [1.165, 1.54) is 24.8 Å². The summed E-state index contributed by atoms with van der Waals surface area (Å²) in [5, 5.41) is 4.22. The van der Waals surface area contributed by atoms with Crippen molar-refractivity contribution in [2.75, 3.05) is 0 Å². The van der Waals surface area contributed by atoms with Gasteiger partial charge in [0.05, 0.1) is 0 Å². The van der Waals surface area contributed by atoms with Gasteiger partial charge in [-0.1, -0.05) is 17.7 Å². The molecule has 2 aliphatic rings. The van der Waals surface area contributed by atoms with Gasteiger partial charge in [-0.05, 0) is 30.9 Å². The van der Waals surface area contributed by atoms with Gasteiger partial charge in [0.15, 0.2) is 0 Å². The SMILES string of the molecule is Clc1ccc([C@H]2CC3CC[C@@H]2N3)cn1. The number of nitrogens with one attached hydrogen (secondary N) is 1. The van der Waals surface area contributed by atoms with Gasteiger partial charge in [-0.3, -0.25) is 0 Å². The lowest BCUT2D eigenvalue weighted by molar-refractivity contribution is 0.505. The molecule has 0 radical (unpaired) electrons. The predicted octanol–water partition coefficient (Wildman–Crippen LogP) is 2.34. The molecule has 14 heavy (non-hydrogen) atoms. The predicted molar refractivity (Wildman–Crippen MR) is 56.6 cm³/mol. The molecular formula is C11H13ClN2. The number of aromatic nitrogens is 1. The number of fused-ring (bicyclic) bond motifs is 2. The molecule has 1 unspecified atom stereocenters. The fraction of sp³-hybridized carbons (Fsp3) is 0.545. The summed E-state index contributed by atoms with van der Waals surface area (Å²) in [7, 11) is 0. The number of rotatable bonds is 1. The van der Waals surface area contributed by atoms with Gasteiger partial charge in [0.1, 0.15) is 5.15 Å². The van der Waals surface area contributed by atoms with Gasteiger partial charge in [0.2, 0.25) is 0 Å². The van der Waals surface area contributed by atoms with E-state index >= 15 is 0 Å². The summed E-state index contributed by atoms with van der Waals surface area (Å²) in [5.74, 6) is 0.665. The Morgan fingerprint density at radius 3 is 2.86 bits per heavy atom. The van der Waals surface area contributed by atoms with Gasteiger partial charge in [0.25, 0.3) is 0 Å². The first-order valence-electron chi connectivity index (χ1n) is 5.20. The maximum atomic E-state index is 5.77. The van der Waals surface area contributed by atoms with Crippen LogP contribution in [0.1, 0.15) is 30.7 Å². The highest BCUT2D eigenvalue weighted by atomic mass is 35.5. The maximum Gasteiger partial charge on any atom is 0.129 e. The number of nitrogens with zero attached hydrogens (tertiary/aromatic N) is 1. The summed E-state index contributed by atoms with van der Waals surface area (Å²) < 4.78 is 0. The molecule has 0 saturated carbocycles. The minimum absolute atomic E-state index is 0.588. The van der Waals surface area contributed by atoms with Gasteiger partial charge >= 0.3 is 0 Å². The van der Waals surface area contributed by atoms with Crippen LogP contribution in [0.5, 0.6) is 0 Å². The minimum Gasteiger partial charge on any atom is -0.311 e. The molecule has 2 aliphatic heterocycles. The van der Waals surface area contributed by atoms with Crippen molar-refractivity contribution in [2.45, 2.75) is 37.3 Å². The topological polar surface area (TPSA) is 24.9 Å². The van der Waals surface area contributed by atoms with Crippen LogP contribution >= 0.6 is 11.6 Å². The first kappa shape index (κ1) is 8.69. The highest BCUT2D eigenvalue weighted by molar-refractivity contribution is 6.29. The fourth-order valence-corrected chi connectivity index (χ4v) is 2.91. The first-order valence-corrected chi connectivity index (χ1v) is 5.58. The van der Waals surface area contributed by atoms with Gasteiger partial charge in [-0.2, -0.15) is 0 Å². The molecule has 2 nitrogen and oxygen atoms in total. The van der Waals surface area contributed by atoms with E-state index in [0.717, 1.165) is 6.04 Å². The Kier molecular flexibility index (Phi) is 1.99. The van der Waals surface area contributed by atoms with Crippen molar-refractivity contribution in [3.8, 4) is 0 Å². The van der Waals surface area contributed by atoms with Crippen molar-refractivity contribution < 1.29 is 0 Å². The summed E-state index contributed by atoms with van der Waals surface area (Å²) in [6.45, 7) is 0. The second-order valence-electron chi connectivity index (χ2n) is 4.30. The zero-order valence-corrected chi connectivity index (χ0v) is 8.67. The molecule has 0 aliphatic carbocycles. The molecule has 3 rings (SSSR count). The van der Waals surface area contributed by atoms with Crippen LogP contribution in [0.3, 0.4) is 0 Å². The third-order valence-corrected chi connectivity index (χ3v) is 3.70. The first-order chi connectivity index (χ1) is 6.83. The molecule has 3 heteroatoms. The summed E-state index contributed by atoms with van der Waals surface area (Å²) in [4.78, 5) is 4.14. The average molecular weight is 209 g/mol. The molecule has 1 N–H and O–H groups in total. The van der Waals surface area contributed by atoms with Crippen LogP contribution < -0.4 is 5.32 Å². The lowest BCUT2D eigenvalue weighted by Crippen LogP contribution is -2.21. The van der Waals surface area contributed by atoms with E-state index in [1.54, 1.807) is 0 Å². The van der Waals surface area contributed by atoms with E-state index in [2.05, 4.69) is 16.4 Å². The quantitative estimate of drug-likeness (QED) is 0.717. The van der Waals surface area contributed by atoms with Crippen LogP contribution in [0.2, 0.25) is 5.15 Å². The largest absolute Gasteiger partial charge is 0.311 e. The van der Waals surface area contributed by atoms with Gasteiger partial charge < -0.3 is 5.32 Å². The average Bonchev–Trinajstić information content (AvgIpc) is 2.80. The number of halogens is 1. The van der Waals surface area contributed by atoms with Crippen molar-refractivity contribution in [2.24, 2.45) is 0 Å². The Morgan fingerprint density at radius 1 is 1.36 bits per heavy atom. The van der Waals surface area contributed by atoms with E-state index in [1.807, 2.05) is 12.3 Å². The highest BCUT2D eigenvalue weighted by Crippen LogP contribution is 2.39. The lowest BCUT2D eigenvalue weighted by Gasteiger charge is -2.19. The highest BCUT2D eigenvalue weighted by Gasteiger charge is 2.39. The second-order valence-corrected chi connectivity index (χ2v) is 4.69. The van der Waals surface area contributed by atoms with Crippen LogP contribution in [-0.2, 0) is 0 Å². The summed E-state index contributed by atoms with van der Waals surface area (Å²) >= 11 is 5.77.